The maximum atomic E-state index is 11.8. The molecule has 1 heterocycles. The highest BCUT2D eigenvalue weighted by atomic mass is 79.9. The smallest absolute Gasteiger partial charge is 0.361 e. The summed E-state index contributed by atoms with van der Waals surface area (Å²) in [6.07, 6.45) is 0.845. The van der Waals surface area contributed by atoms with E-state index in [4.69, 9.17) is 4.74 Å². The summed E-state index contributed by atoms with van der Waals surface area (Å²) in [5.74, 6) is -0.465. The number of hydrogen-bond acceptors (Lipinski definition) is 4. The molecule has 19 heavy (non-hydrogen) atoms. The largest absolute Gasteiger partial charge is 0.461 e. The van der Waals surface area contributed by atoms with E-state index in [1.54, 1.807) is 6.92 Å². The first-order chi connectivity index (χ1) is 9.17. The Hall–Kier alpha value is -1.69. The molecule has 0 saturated heterocycles. The lowest BCUT2D eigenvalue weighted by Crippen LogP contribution is -2.07. The van der Waals surface area contributed by atoms with E-state index in [1.165, 1.54) is 0 Å². The van der Waals surface area contributed by atoms with Crippen molar-refractivity contribution in [3.8, 4) is 11.3 Å². The molecule has 0 radical (unpaired) electrons. The Bertz CT molecular complexity index is 595. The lowest BCUT2D eigenvalue weighted by molar-refractivity contribution is 0.0520. The van der Waals surface area contributed by atoms with Gasteiger partial charge in [-0.3, -0.25) is 0 Å². The fraction of sp³-hybridized carbons (Fsp3) is 0.308. The van der Waals surface area contributed by atoms with Crippen molar-refractivity contribution in [1.29, 1.82) is 0 Å². The minimum Gasteiger partial charge on any atom is -0.461 e. The molecule has 0 aliphatic rings. The normalized spacial score (nSPS) is 10.5. The standard InChI is InChI=1S/C13H14BrN3O2/c1-3-8-5-6-9(14)7-10(8)11-12(16-17-15-11)13(18)19-4-2/h5-7H,3-4H2,1-2H3,(H,15,16,17). The van der Waals surface area contributed by atoms with E-state index in [2.05, 4.69) is 38.3 Å². The van der Waals surface area contributed by atoms with Crippen molar-refractivity contribution in [1.82, 2.24) is 15.4 Å². The first kappa shape index (κ1) is 13.7. The Morgan fingerprint density at radius 3 is 2.84 bits per heavy atom. The first-order valence-electron chi connectivity index (χ1n) is 6.04. The first-order valence-corrected chi connectivity index (χ1v) is 6.83. The Morgan fingerprint density at radius 2 is 2.16 bits per heavy atom. The zero-order chi connectivity index (χ0) is 13.8. The minimum atomic E-state index is -0.465. The van der Waals surface area contributed by atoms with E-state index in [-0.39, 0.29) is 5.69 Å². The van der Waals surface area contributed by atoms with Gasteiger partial charge in [0.2, 0.25) is 0 Å². The highest BCUT2D eigenvalue weighted by Crippen LogP contribution is 2.28. The van der Waals surface area contributed by atoms with Crippen LogP contribution in [0.1, 0.15) is 29.9 Å². The maximum absolute atomic E-state index is 11.8. The third kappa shape index (κ3) is 2.84. The number of carbonyl (C=O) groups excluding carboxylic acids is 1. The SMILES string of the molecule is CCOC(=O)c1n[nH]nc1-c1cc(Br)ccc1CC. The van der Waals surface area contributed by atoms with Gasteiger partial charge in [0.15, 0.2) is 5.69 Å². The Morgan fingerprint density at radius 1 is 1.37 bits per heavy atom. The molecule has 5 nitrogen and oxygen atoms in total. The molecule has 1 aromatic heterocycles. The van der Waals surface area contributed by atoms with Gasteiger partial charge in [-0.15, -0.1) is 5.10 Å². The molecule has 0 aliphatic heterocycles. The van der Waals surface area contributed by atoms with Crippen molar-refractivity contribution in [2.75, 3.05) is 6.61 Å². The predicted octanol–water partition coefficient (Wildman–Crippen LogP) is 2.97. The van der Waals surface area contributed by atoms with Crippen LogP contribution in [-0.2, 0) is 11.2 Å². The summed E-state index contributed by atoms with van der Waals surface area (Å²) >= 11 is 3.43. The van der Waals surface area contributed by atoms with Gasteiger partial charge in [-0.05, 0) is 31.0 Å². The van der Waals surface area contributed by atoms with Crippen LogP contribution >= 0.6 is 15.9 Å². The van der Waals surface area contributed by atoms with Crippen LogP contribution in [0.5, 0.6) is 0 Å². The van der Waals surface area contributed by atoms with Gasteiger partial charge in [-0.1, -0.05) is 28.9 Å². The van der Waals surface area contributed by atoms with Gasteiger partial charge in [0.05, 0.1) is 6.61 Å². The number of nitrogens with one attached hydrogen (secondary N) is 1. The van der Waals surface area contributed by atoms with Gasteiger partial charge in [-0.25, -0.2) is 4.79 Å². The van der Waals surface area contributed by atoms with E-state index in [0.717, 1.165) is 22.0 Å². The highest BCUT2D eigenvalue weighted by molar-refractivity contribution is 9.10. The number of aryl methyl sites for hydroxylation is 1. The highest BCUT2D eigenvalue weighted by Gasteiger charge is 2.20. The van der Waals surface area contributed by atoms with E-state index < -0.39 is 5.97 Å². The number of hydrogen-bond donors (Lipinski definition) is 1. The average molecular weight is 324 g/mol. The molecule has 0 atom stereocenters. The topological polar surface area (TPSA) is 67.9 Å². The molecular formula is C13H14BrN3O2. The van der Waals surface area contributed by atoms with Gasteiger partial charge in [-0.2, -0.15) is 10.3 Å². The number of carbonyl (C=O) groups is 1. The number of nitrogens with zero attached hydrogens (tertiary/aromatic N) is 2. The van der Waals surface area contributed by atoms with Crippen molar-refractivity contribution in [3.63, 3.8) is 0 Å². The van der Waals surface area contributed by atoms with E-state index in [1.807, 2.05) is 18.2 Å². The Balaban J connectivity index is 2.51. The monoisotopic (exact) mass is 323 g/mol. The molecule has 1 N–H and O–H groups in total. The van der Waals surface area contributed by atoms with Crippen LogP contribution in [0.4, 0.5) is 0 Å². The summed E-state index contributed by atoms with van der Waals surface area (Å²) < 4.78 is 5.91. The number of benzene rings is 1. The molecule has 0 amide bonds. The zero-order valence-electron chi connectivity index (χ0n) is 10.7. The molecule has 6 heteroatoms. The zero-order valence-corrected chi connectivity index (χ0v) is 12.3. The van der Waals surface area contributed by atoms with E-state index in [0.29, 0.717) is 12.3 Å². The third-order valence-corrected chi connectivity index (χ3v) is 3.22. The maximum Gasteiger partial charge on any atom is 0.361 e. The number of aromatic nitrogens is 3. The molecule has 0 unspecified atom stereocenters. The van der Waals surface area contributed by atoms with Crippen LogP contribution in [0, 0.1) is 0 Å². The number of H-pyrrole nitrogens is 1. The van der Waals surface area contributed by atoms with Crippen LogP contribution in [0.3, 0.4) is 0 Å². The van der Waals surface area contributed by atoms with E-state index >= 15 is 0 Å². The second-order valence-corrected chi connectivity index (χ2v) is 4.81. The lowest BCUT2D eigenvalue weighted by atomic mass is 10.0. The van der Waals surface area contributed by atoms with Crippen molar-refractivity contribution in [3.05, 3.63) is 33.9 Å². The molecule has 2 rings (SSSR count). The predicted molar refractivity (Wildman–Crippen MR) is 74.9 cm³/mol. The van der Waals surface area contributed by atoms with Gasteiger partial charge in [0.1, 0.15) is 5.69 Å². The number of halogens is 1. The summed E-state index contributed by atoms with van der Waals surface area (Å²) in [6, 6.07) is 5.90. The fourth-order valence-corrected chi connectivity index (χ4v) is 2.20. The van der Waals surface area contributed by atoms with Crippen molar-refractivity contribution in [2.24, 2.45) is 0 Å². The van der Waals surface area contributed by atoms with Crippen LogP contribution in [-0.4, -0.2) is 28.0 Å². The second kappa shape index (κ2) is 5.97. The Kier molecular flexibility index (Phi) is 4.31. The molecule has 1 aromatic carbocycles. The van der Waals surface area contributed by atoms with Gasteiger partial charge < -0.3 is 4.74 Å². The third-order valence-electron chi connectivity index (χ3n) is 2.72. The summed E-state index contributed by atoms with van der Waals surface area (Å²) in [5, 5.41) is 10.5. The van der Waals surface area contributed by atoms with Gasteiger partial charge in [0.25, 0.3) is 0 Å². The van der Waals surface area contributed by atoms with Crippen LogP contribution < -0.4 is 0 Å². The molecule has 0 fully saturated rings. The van der Waals surface area contributed by atoms with Crippen LogP contribution in [0.25, 0.3) is 11.3 Å². The van der Waals surface area contributed by atoms with Crippen molar-refractivity contribution >= 4 is 21.9 Å². The fourth-order valence-electron chi connectivity index (χ4n) is 1.84. The lowest BCUT2D eigenvalue weighted by Gasteiger charge is -2.07. The molecule has 0 bridgehead atoms. The second-order valence-electron chi connectivity index (χ2n) is 3.90. The summed E-state index contributed by atoms with van der Waals surface area (Å²) in [7, 11) is 0. The number of rotatable bonds is 4. The van der Waals surface area contributed by atoms with Gasteiger partial charge in [0, 0.05) is 10.0 Å². The number of esters is 1. The minimum absolute atomic E-state index is 0.217. The summed E-state index contributed by atoms with van der Waals surface area (Å²) in [5.41, 5.74) is 2.72. The average Bonchev–Trinajstić information content (AvgIpc) is 2.88. The van der Waals surface area contributed by atoms with Crippen molar-refractivity contribution in [2.45, 2.75) is 20.3 Å². The summed E-state index contributed by atoms with van der Waals surface area (Å²) in [6.45, 7) is 4.12. The number of aromatic amines is 1. The molecule has 100 valence electrons. The summed E-state index contributed by atoms with van der Waals surface area (Å²) in [4.78, 5) is 11.8. The molecule has 2 aromatic rings. The molecule has 0 aliphatic carbocycles. The molecular weight excluding hydrogens is 310 g/mol. The van der Waals surface area contributed by atoms with Crippen LogP contribution in [0.2, 0.25) is 0 Å². The van der Waals surface area contributed by atoms with Crippen molar-refractivity contribution < 1.29 is 9.53 Å². The Labute approximate surface area is 119 Å². The molecule has 0 saturated carbocycles. The van der Waals surface area contributed by atoms with Crippen LogP contribution in [0.15, 0.2) is 22.7 Å². The van der Waals surface area contributed by atoms with E-state index in [9.17, 15) is 4.79 Å². The molecule has 0 spiro atoms. The number of ether oxygens (including phenoxy) is 1. The van der Waals surface area contributed by atoms with Gasteiger partial charge >= 0.3 is 5.97 Å². The quantitative estimate of drug-likeness (QED) is 0.878.